The minimum absolute atomic E-state index is 1.01. The normalized spacial score (nSPS) is 11.0. The molecule has 0 bridgehead atoms. The SMILES string of the molecule is CCc1c(-c2ccnc(C)c2)[nH]c2cc[c]cc12. The van der Waals surface area contributed by atoms with Crippen LogP contribution in [0, 0.1) is 13.0 Å². The van der Waals surface area contributed by atoms with Crippen molar-refractivity contribution in [3.8, 4) is 11.3 Å². The minimum Gasteiger partial charge on any atom is -0.354 e. The van der Waals surface area contributed by atoms with Crippen molar-refractivity contribution in [3.05, 3.63) is 53.9 Å². The number of nitrogens with zero attached hydrogens (tertiary/aromatic N) is 1. The zero-order valence-corrected chi connectivity index (χ0v) is 10.6. The molecule has 0 aliphatic rings. The second kappa shape index (κ2) is 4.30. The third kappa shape index (κ3) is 1.70. The van der Waals surface area contributed by atoms with Crippen LogP contribution in [-0.2, 0) is 6.42 Å². The number of hydrogen-bond donors (Lipinski definition) is 1. The van der Waals surface area contributed by atoms with Crippen molar-refractivity contribution in [3.63, 3.8) is 0 Å². The van der Waals surface area contributed by atoms with Crippen molar-refractivity contribution in [2.45, 2.75) is 20.3 Å². The largest absolute Gasteiger partial charge is 0.354 e. The molecule has 0 unspecified atom stereocenters. The Labute approximate surface area is 107 Å². The van der Waals surface area contributed by atoms with E-state index >= 15 is 0 Å². The Bertz CT molecular complexity index is 695. The van der Waals surface area contributed by atoms with Gasteiger partial charge >= 0.3 is 0 Å². The van der Waals surface area contributed by atoms with Gasteiger partial charge in [0.25, 0.3) is 0 Å². The molecular formula is C16H15N2. The highest BCUT2D eigenvalue weighted by Crippen LogP contribution is 2.30. The summed E-state index contributed by atoms with van der Waals surface area (Å²) in [4.78, 5) is 7.77. The summed E-state index contributed by atoms with van der Waals surface area (Å²) in [7, 11) is 0. The number of benzene rings is 1. The summed E-state index contributed by atoms with van der Waals surface area (Å²) in [5.41, 5.74) is 5.98. The first-order valence-corrected chi connectivity index (χ1v) is 6.23. The maximum absolute atomic E-state index is 4.25. The fraction of sp³-hybridized carbons (Fsp3) is 0.188. The first-order valence-electron chi connectivity index (χ1n) is 6.23. The zero-order valence-electron chi connectivity index (χ0n) is 10.6. The first kappa shape index (κ1) is 11.0. The van der Waals surface area contributed by atoms with Gasteiger partial charge in [-0.3, -0.25) is 4.98 Å². The van der Waals surface area contributed by atoms with E-state index in [0.29, 0.717) is 0 Å². The number of fused-ring (bicyclic) bond motifs is 1. The van der Waals surface area contributed by atoms with E-state index in [4.69, 9.17) is 0 Å². The van der Waals surface area contributed by atoms with Crippen molar-refractivity contribution in [2.24, 2.45) is 0 Å². The fourth-order valence-corrected chi connectivity index (χ4v) is 2.45. The van der Waals surface area contributed by atoms with Crippen molar-refractivity contribution >= 4 is 10.9 Å². The smallest absolute Gasteiger partial charge is 0.0498 e. The molecule has 0 spiro atoms. The first-order chi connectivity index (χ1) is 8.79. The Morgan fingerprint density at radius 1 is 1.33 bits per heavy atom. The summed E-state index contributed by atoms with van der Waals surface area (Å²) in [6, 6.07) is 13.4. The van der Waals surface area contributed by atoms with Gasteiger partial charge < -0.3 is 4.98 Å². The average Bonchev–Trinajstić information content (AvgIpc) is 2.77. The summed E-state index contributed by atoms with van der Waals surface area (Å²) >= 11 is 0. The summed E-state index contributed by atoms with van der Waals surface area (Å²) in [6.45, 7) is 4.21. The molecule has 89 valence electrons. The predicted molar refractivity (Wildman–Crippen MR) is 74.5 cm³/mol. The Kier molecular flexibility index (Phi) is 2.63. The van der Waals surface area contributed by atoms with E-state index in [0.717, 1.165) is 12.1 Å². The van der Waals surface area contributed by atoms with Crippen LogP contribution in [0.4, 0.5) is 0 Å². The fourth-order valence-electron chi connectivity index (χ4n) is 2.45. The van der Waals surface area contributed by atoms with Gasteiger partial charge in [0.2, 0.25) is 0 Å². The highest BCUT2D eigenvalue weighted by atomic mass is 14.7. The summed E-state index contributed by atoms with van der Waals surface area (Å²) < 4.78 is 0. The van der Waals surface area contributed by atoms with Gasteiger partial charge in [-0.05, 0) is 49.2 Å². The van der Waals surface area contributed by atoms with Crippen LogP contribution in [0.2, 0.25) is 0 Å². The predicted octanol–water partition coefficient (Wildman–Crippen LogP) is 3.90. The topological polar surface area (TPSA) is 28.7 Å². The Balaban J connectivity index is 2.28. The number of hydrogen-bond acceptors (Lipinski definition) is 1. The van der Waals surface area contributed by atoms with Gasteiger partial charge in [-0.25, -0.2) is 0 Å². The maximum atomic E-state index is 4.25. The van der Waals surface area contributed by atoms with Gasteiger partial charge in [-0.2, -0.15) is 0 Å². The molecule has 3 rings (SSSR count). The Morgan fingerprint density at radius 3 is 3.00 bits per heavy atom. The number of pyridine rings is 1. The number of aryl methyl sites for hydroxylation is 2. The van der Waals surface area contributed by atoms with Crippen LogP contribution in [0.1, 0.15) is 18.2 Å². The van der Waals surface area contributed by atoms with Gasteiger partial charge in [0.15, 0.2) is 0 Å². The molecule has 0 aliphatic carbocycles. The lowest BCUT2D eigenvalue weighted by Gasteiger charge is -2.03. The molecular weight excluding hydrogens is 220 g/mol. The second-order valence-corrected chi connectivity index (χ2v) is 4.49. The van der Waals surface area contributed by atoms with E-state index in [-0.39, 0.29) is 0 Å². The summed E-state index contributed by atoms with van der Waals surface area (Å²) in [5, 5.41) is 1.27. The van der Waals surface area contributed by atoms with E-state index < -0.39 is 0 Å². The van der Waals surface area contributed by atoms with Crippen LogP contribution in [0.25, 0.3) is 22.2 Å². The molecule has 2 nitrogen and oxygen atoms in total. The molecule has 3 aromatic rings. The molecule has 1 N–H and O–H groups in total. The van der Waals surface area contributed by atoms with Crippen LogP contribution in [0.3, 0.4) is 0 Å². The third-order valence-electron chi connectivity index (χ3n) is 3.29. The maximum Gasteiger partial charge on any atom is 0.0498 e. The summed E-state index contributed by atoms with van der Waals surface area (Å²) in [5.74, 6) is 0. The molecule has 18 heavy (non-hydrogen) atoms. The Hall–Kier alpha value is -2.09. The number of aromatic amines is 1. The molecule has 2 aromatic heterocycles. The third-order valence-corrected chi connectivity index (χ3v) is 3.29. The van der Waals surface area contributed by atoms with Gasteiger partial charge in [-0.1, -0.05) is 13.0 Å². The lowest BCUT2D eigenvalue weighted by atomic mass is 10.0. The highest BCUT2D eigenvalue weighted by molar-refractivity contribution is 5.90. The second-order valence-electron chi connectivity index (χ2n) is 4.49. The van der Waals surface area contributed by atoms with Crippen LogP contribution >= 0.6 is 0 Å². The van der Waals surface area contributed by atoms with E-state index in [9.17, 15) is 0 Å². The van der Waals surface area contributed by atoms with Gasteiger partial charge in [0.1, 0.15) is 0 Å². The quantitative estimate of drug-likeness (QED) is 0.717. The van der Waals surface area contributed by atoms with Crippen LogP contribution in [0.15, 0.2) is 36.5 Å². The number of nitrogens with one attached hydrogen (secondary N) is 1. The molecule has 0 fully saturated rings. The van der Waals surface area contributed by atoms with Crippen molar-refractivity contribution in [1.82, 2.24) is 9.97 Å². The van der Waals surface area contributed by atoms with Crippen LogP contribution < -0.4 is 0 Å². The molecule has 2 heterocycles. The molecule has 1 aromatic carbocycles. The van der Waals surface area contributed by atoms with E-state index in [1.807, 2.05) is 19.2 Å². The lowest BCUT2D eigenvalue weighted by molar-refractivity contribution is 1.15. The monoisotopic (exact) mass is 235 g/mol. The Morgan fingerprint density at radius 2 is 2.22 bits per heavy atom. The summed E-state index contributed by atoms with van der Waals surface area (Å²) in [6.07, 6.45) is 2.87. The van der Waals surface area contributed by atoms with E-state index in [1.54, 1.807) is 0 Å². The standard InChI is InChI=1S/C16H15N2/c1-3-13-14-6-4-5-7-15(14)18-16(13)12-8-9-17-11(2)10-12/h5-10,18H,3H2,1-2H3. The van der Waals surface area contributed by atoms with E-state index in [2.05, 4.69) is 47.2 Å². The van der Waals surface area contributed by atoms with Gasteiger partial charge in [0.05, 0.1) is 0 Å². The molecule has 0 atom stereocenters. The van der Waals surface area contributed by atoms with E-state index in [1.165, 1.54) is 27.7 Å². The van der Waals surface area contributed by atoms with Crippen LogP contribution in [0.5, 0.6) is 0 Å². The van der Waals surface area contributed by atoms with Crippen molar-refractivity contribution in [2.75, 3.05) is 0 Å². The van der Waals surface area contributed by atoms with Crippen LogP contribution in [-0.4, -0.2) is 9.97 Å². The highest BCUT2D eigenvalue weighted by Gasteiger charge is 2.11. The molecule has 1 radical (unpaired) electrons. The molecule has 0 amide bonds. The molecule has 0 saturated heterocycles. The van der Waals surface area contributed by atoms with Crippen molar-refractivity contribution in [1.29, 1.82) is 0 Å². The number of aromatic nitrogens is 2. The molecule has 0 saturated carbocycles. The molecule has 0 aliphatic heterocycles. The number of H-pyrrole nitrogens is 1. The lowest BCUT2D eigenvalue weighted by Crippen LogP contribution is -1.87. The molecule has 2 heteroatoms. The zero-order chi connectivity index (χ0) is 12.5. The minimum atomic E-state index is 1.01. The van der Waals surface area contributed by atoms with Gasteiger partial charge in [0, 0.05) is 34.1 Å². The average molecular weight is 235 g/mol. The number of rotatable bonds is 2. The van der Waals surface area contributed by atoms with Gasteiger partial charge in [-0.15, -0.1) is 0 Å². The van der Waals surface area contributed by atoms with Crippen molar-refractivity contribution < 1.29 is 0 Å².